The average Bonchev–Trinajstić information content (AvgIpc) is 3.13. The number of hydroxylamine groups is 2. The van der Waals surface area contributed by atoms with Crippen LogP contribution in [0.1, 0.15) is 30.5 Å². The van der Waals surface area contributed by atoms with Gasteiger partial charge < -0.3 is 19.4 Å². The highest BCUT2D eigenvalue weighted by Crippen LogP contribution is 2.33. The largest absolute Gasteiger partial charge is 0.374 e. The minimum atomic E-state index is -0.756. The van der Waals surface area contributed by atoms with E-state index in [-0.39, 0.29) is 18.2 Å². The van der Waals surface area contributed by atoms with Crippen LogP contribution in [0.3, 0.4) is 0 Å². The number of rotatable bonds is 10. The van der Waals surface area contributed by atoms with Crippen LogP contribution in [-0.2, 0) is 33.8 Å². The third-order valence-electron chi connectivity index (χ3n) is 5.85. The van der Waals surface area contributed by atoms with Crippen molar-refractivity contribution < 1.29 is 19.4 Å². The summed E-state index contributed by atoms with van der Waals surface area (Å²) in [6.07, 6.45) is -0.0312. The van der Waals surface area contributed by atoms with Crippen LogP contribution in [0.4, 0.5) is 0 Å². The molecule has 1 aliphatic heterocycles. The molecule has 0 saturated carbocycles. The summed E-state index contributed by atoms with van der Waals surface area (Å²) in [6.45, 7) is 5.11. The molecule has 5 heteroatoms. The van der Waals surface area contributed by atoms with Crippen molar-refractivity contribution in [3.05, 3.63) is 108 Å². The molecule has 1 N–H and O–H groups in total. The van der Waals surface area contributed by atoms with Crippen molar-refractivity contribution in [3.63, 3.8) is 0 Å². The standard InChI is InChI=1S/C28H33NO4/c1-28(2)32-26(21-31-20-24-16-10-5-11-17-24)27(33-28)25(18-22-12-6-3-7-13-22)29(30)19-23-14-8-4-9-15-23/h3-17,25-27,30H,18-21H2,1-2H3/t25-,26+,27+/m1/s1. The second-order valence-electron chi connectivity index (χ2n) is 8.98. The minimum Gasteiger partial charge on any atom is -0.374 e. The molecule has 5 nitrogen and oxygen atoms in total. The molecule has 1 fully saturated rings. The number of nitrogens with zero attached hydrogens (tertiary/aromatic N) is 1. The molecular weight excluding hydrogens is 414 g/mol. The molecule has 3 atom stereocenters. The van der Waals surface area contributed by atoms with E-state index in [2.05, 4.69) is 12.1 Å². The zero-order chi connectivity index (χ0) is 23.1. The number of hydrogen-bond donors (Lipinski definition) is 1. The van der Waals surface area contributed by atoms with E-state index >= 15 is 0 Å². The van der Waals surface area contributed by atoms with E-state index in [4.69, 9.17) is 14.2 Å². The molecule has 1 saturated heterocycles. The van der Waals surface area contributed by atoms with Gasteiger partial charge in [-0.2, -0.15) is 5.06 Å². The Morgan fingerprint density at radius 2 is 1.36 bits per heavy atom. The number of hydrogen-bond acceptors (Lipinski definition) is 5. The predicted octanol–water partition coefficient (Wildman–Crippen LogP) is 5.23. The summed E-state index contributed by atoms with van der Waals surface area (Å²) in [4.78, 5) is 0. The first-order chi connectivity index (χ1) is 16.0. The Labute approximate surface area is 196 Å². The molecule has 0 amide bonds. The zero-order valence-corrected chi connectivity index (χ0v) is 19.3. The lowest BCUT2D eigenvalue weighted by atomic mass is 9.97. The third-order valence-corrected chi connectivity index (χ3v) is 5.85. The van der Waals surface area contributed by atoms with E-state index in [0.717, 1.165) is 16.7 Å². The van der Waals surface area contributed by atoms with Crippen LogP contribution in [-0.4, -0.2) is 40.9 Å². The Hall–Kier alpha value is -2.54. The summed E-state index contributed by atoms with van der Waals surface area (Å²) in [6, 6.07) is 29.9. The van der Waals surface area contributed by atoms with Crippen LogP contribution >= 0.6 is 0 Å². The van der Waals surface area contributed by atoms with Gasteiger partial charge in [0.15, 0.2) is 5.79 Å². The first kappa shape index (κ1) is 23.6. The molecule has 0 spiro atoms. The number of benzene rings is 3. The predicted molar refractivity (Wildman–Crippen MR) is 128 cm³/mol. The maximum atomic E-state index is 11.2. The monoisotopic (exact) mass is 447 g/mol. The van der Waals surface area contributed by atoms with Crippen LogP contribution < -0.4 is 0 Å². The van der Waals surface area contributed by atoms with Gasteiger partial charge in [-0.05, 0) is 37.0 Å². The fraction of sp³-hybridized carbons (Fsp3) is 0.357. The van der Waals surface area contributed by atoms with Gasteiger partial charge in [-0.3, -0.25) is 0 Å². The quantitative estimate of drug-likeness (QED) is 0.432. The van der Waals surface area contributed by atoms with Crippen LogP contribution in [0.25, 0.3) is 0 Å². The van der Waals surface area contributed by atoms with Crippen molar-refractivity contribution in [2.75, 3.05) is 6.61 Å². The molecule has 174 valence electrons. The molecule has 0 bridgehead atoms. The Bertz CT molecular complexity index is 965. The highest BCUT2D eigenvalue weighted by Gasteiger charge is 2.46. The third kappa shape index (κ3) is 6.73. The van der Waals surface area contributed by atoms with Crippen molar-refractivity contribution in [2.45, 2.75) is 57.5 Å². The van der Waals surface area contributed by atoms with Gasteiger partial charge in [0.25, 0.3) is 0 Å². The molecule has 1 aliphatic rings. The Balaban J connectivity index is 1.51. The first-order valence-corrected chi connectivity index (χ1v) is 11.5. The highest BCUT2D eigenvalue weighted by atomic mass is 16.8. The molecular formula is C28H33NO4. The second-order valence-corrected chi connectivity index (χ2v) is 8.98. The van der Waals surface area contributed by atoms with Crippen molar-refractivity contribution in [3.8, 4) is 0 Å². The molecule has 33 heavy (non-hydrogen) atoms. The van der Waals surface area contributed by atoms with Crippen LogP contribution in [0.15, 0.2) is 91.0 Å². The van der Waals surface area contributed by atoms with Crippen molar-refractivity contribution in [1.82, 2.24) is 5.06 Å². The lowest BCUT2D eigenvalue weighted by Crippen LogP contribution is -2.48. The lowest BCUT2D eigenvalue weighted by Gasteiger charge is -2.33. The van der Waals surface area contributed by atoms with E-state index in [1.807, 2.05) is 92.7 Å². The lowest BCUT2D eigenvalue weighted by molar-refractivity contribution is -0.188. The van der Waals surface area contributed by atoms with Gasteiger partial charge in [-0.1, -0.05) is 91.0 Å². The smallest absolute Gasteiger partial charge is 0.163 e. The Kier molecular flexibility index (Phi) is 7.91. The Morgan fingerprint density at radius 3 is 1.97 bits per heavy atom. The molecule has 1 heterocycles. The SMILES string of the molecule is CC1(C)O[C@@H]([C@@H](Cc2ccccc2)N(O)Cc2ccccc2)[C@H](COCc2ccccc2)O1. The van der Waals surface area contributed by atoms with E-state index in [1.165, 1.54) is 5.06 Å². The van der Waals surface area contributed by atoms with E-state index in [9.17, 15) is 5.21 Å². The summed E-state index contributed by atoms with van der Waals surface area (Å²) >= 11 is 0. The fourth-order valence-electron chi connectivity index (χ4n) is 4.32. The van der Waals surface area contributed by atoms with Crippen LogP contribution in [0.2, 0.25) is 0 Å². The summed E-state index contributed by atoms with van der Waals surface area (Å²) < 4.78 is 18.6. The van der Waals surface area contributed by atoms with Gasteiger partial charge in [0.1, 0.15) is 12.2 Å². The highest BCUT2D eigenvalue weighted by molar-refractivity contribution is 5.18. The van der Waals surface area contributed by atoms with Gasteiger partial charge in [-0.25, -0.2) is 0 Å². The van der Waals surface area contributed by atoms with Crippen molar-refractivity contribution >= 4 is 0 Å². The maximum Gasteiger partial charge on any atom is 0.163 e. The summed E-state index contributed by atoms with van der Waals surface area (Å²) in [5, 5.41) is 12.6. The average molecular weight is 448 g/mol. The first-order valence-electron chi connectivity index (χ1n) is 11.5. The summed E-state index contributed by atoms with van der Waals surface area (Å²) in [5.74, 6) is -0.756. The molecule has 0 aromatic heterocycles. The molecule has 3 aromatic rings. The fourth-order valence-corrected chi connectivity index (χ4v) is 4.32. The van der Waals surface area contributed by atoms with Crippen LogP contribution in [0.5, 0.6) is 0 Å². The van der Waals surface area contributed by atoms with Gasteiger partial charge in [0.2, 0.25) is 0 Å². The summed E-state index contributed by atoms with van der Waals surface area (Å²) in [5.41, 5.74) is 3.28. The normalized spacial score (nSPS) is 20.7. The van der Waals surface area contributed by atoms with Crippen molar-refractivity contribution in [2.24, 2.45) is 0 Å². The maximum absolute atomic E-state index is 11.2. The zero-order valence-electron chi connectivity index (χ0n) is 19.3. The molecule has 0 unspecified atom stereocenters. The Morgan fingerprint density at radius 1 is 0.818 bits per heavy atom. The van der Waals surface area contributed by atoms with Gasteiger partial charge >= 0.3 is 0 Å². The van der Waals surface area contributed by atoms with E-state index in [0.29, 0.717) is 26.2 Å². The molecule has 0 aliphatic carbocycles. The summed E-state index contributed by atoms with van der Waals surface area (Å²) in [7, 11) is 0. The molecule has 0 radical (unpaired) electrons. The van der Waals surface area contributed by atoms with E-state index in [1.54, 1.807) is 0 Å². The van der Waals surface area contributed by atoms with Gasteiger partial charge in [0, 0.05) is 6.54 Å². The second kappa shape index (κ2) is 11.1. The van der Waals surface area contributed by atoms with E-state index < -0.39 is 5.79 Å². The number of ether oxygens (including phenoxy) is 3. The topological polar surface area (TPSA) is 51.2 Å². The van der Waals surface area contributed by atoms with Crippen LogP contribution in [0, 0.1) is 0 Å². The van der Waals surface area contributed by atoms with Gasteiger partial charge in [0.05, 0.1) is 19.3 Å². The van der Waals surface area contributed by atoms with Gasteiger partial charge in [-0.15, -0.1) is 0 Å². The molecule has 3 aromatic carbocycles. The van der Waals surface area contributed by atoms with Crippen molar-refractivity contribution in [1.29, 1.82) is 0 Å². The minimum absolute atomic E-state index is 0.303. The molecule has 4 rings (SSSR count).